The zero-order valence-corrected chi connectivity index (χ0v) is 37.7. The highest BCUT2D eigenvalue weighted by Crippen LogP contribution is 2.61. The molecule has 0 aliphatic carbocycles. The largest absolute Gasteiger partial charge is 0.481 e. The summed E-state index contributed by atoms with van der Waals surface area (Å²) >= 11 is 1.04. The van der Waals surface area contributed by atoms with Crippen molar-refractivity contribution in [2.24, 2.45) is 5.41 Å². The van der Waals surface area contributed by atoms with Crippen LogP contribution >= 0.6 is 35.2 Å². The third-order valence-corrected chi connectivity index (χ3v) is 11.9. The number of aromatic nitrogens is 4. The second-order valence-corrected chi connectivity index (χ2v) is 19.7. The maximum atomic E-state index is 12.6. The number of anilines is 1. The number of nitrogens with zero attached hydrogens (tertiary/aromatic N) is 4. The van der Waals surface area contributed by atoms with Gasteiger partial charge in [-0.05, 0) is 13.8 Å². The Bertz CT molecular complexity index is 2150. The van der Waals surface area contributed by atoms with E-state index in [4.69, 9.17) is 24.6 Å². The number of nitrogens with one attached hydrogen (secondary N) is 2. The van der Waals surface area contributed by atoms with Crippen molar-refractivity contribution in [2.45, 2.75) is 77.6 Å². The highest BCUT2D eigenvalue weighted by atomic mass is 32.2. The van der Waals surface area contributed by atoms with Crippen LogP contribution in [0.5, 0.6) is 0 Å². The Morgan fingerprint density at radius 3 is 2.17 bits per heavy atom. The molecule has 0 saturated carbocycles. The standard InChI is InChI=1S/C26H42N7O17P3S.C6H8O3/c1-14(2)9-17(35)54-8-7-28-16(34)5-6-29-24(38)21(37)26(3,4)11-47-53(44,45)50-52(42,43)46-10-15-20(49-51(39,40)41)19(36)25(48-15)33-13-32-18-22(27)30-12-31-23(18)33;1-4(2)3-5(7)6(8)9/h12-13,15,19-21,25,36-37H,1,5-11H2,2-4H3,(H,28,34)(H,29,38)(H,42,43)(H,44,45)(H2,27,30,31)(H2,39,40,41);1,3H2,2H3,(H,8,9)/t15-,19-,20-,21?,25-;/m1./s1. The lowest BCUT2D eigenvalue weighted by Gasteiger charge is -2.30. The van der Waals surface area contributed by atoms with Gasteiger partial charge in [0.15, 0.2) is 22.8 Å². The van der Waals surface area contributed by atoms with E-state index < -0.39 is 96.3 Å². The van der Waals surface area contributed by atoms with Gasteiger partial charge in [-0.1, -0.05) is 49.9 Å². The molecule has 0 aromatic carbocycles. The first-order chi connectivity index (χ1) is 28.9. The Balaban J connectivity index is 0.00000136. The predicted molar refractivity (Wildman–Crippen MR) is 219 cm³/mol. The number of carbonyl (C=O) groups excluding carboxylic acids is 4. The van der Waals surface area contributed by atoms with Gasteiger partial charge in [0.2, 0.25) is 17.6 Å². The van der Waals surface area contributed by atoms with Crippen LogP contribution in [0.4, 0.5) is 5.82 Å². The minimum atomic E-state index is -5.57. The average Bonchev–Trinajstić information content (AvgIpc) is 3.71. The van der Waals surface area contributed by atoms with Gasteiger partial charge in [0.05, 0.1) is 19.5 Å². The van der Waals surface area contributed by atoms with Crippen LogP contribution in [-0.2, 0) is 60.3 Å². The number of carboxylic acids is 1. The van der Waals surface area contributed by atoms with Crippen molar-refractivity contribution >= 4 is 80.9 Å². The summed E-state index contributed by atoms with van der Waals surface area (Å²) in [5, 5.41) is 34.2. The molecular formula is C32H50N7O20P3S. The van der Waals surface area contributed by atoms with E-state index in [1.807, 2.05) is 0 Å². The summed E-state index contributed by atoms with van der Waals surface area (Å²) in [6.07, 6.45) is -6.76. The van der Waals surface area contributed by atoms with Crippen molar-refractivity contribution in [3.8, 4) is 0 Å². The molecule has 3 rings (SSSR count). The Hall–Kier alpha value is -3.82. The first kappa shape index (κ1) is 55.3. The van der Waals surface area contributed by atoms with Crippen molar-refractivity contribution in [1.82, 2.24) is 30.2 Å². The first-order valence-corrected chi connectivity index (χ1v) is 23.6. The fraction of sp³-hybridized carbons (Fsp3) is 0.562. The van der Waals surface area contributed by atoms with Crippen LogP contribution in [0.2, 0.25) is 0 Å². The number of Topliss-reactive ketones (excluding diaryl/α,β-unsaturated/α-hetero) is 1. The van der Waals surface area contributed by atoms with Gasteiger partial charge >= 0.3 is 29.4 Å². The number of ketones is 1. The number of carbonyl (C=O) groups is 5. The van der Waals surface area contributed by atoms with Crippen molar-refractivity contribution in [3.05, 3.63) is 37.0 Å². The van der Waals surface area contributed by atoms with E-state index in [1.165, 1.54) is 13.8 Å². The number of rotatable bonds is 24. The number of aliphatic hydroxyl groups is 2. The van der Waals surface area contributed by atoms with Crippen LogP contribution in [0.15, 0.2) is 37.0 Å². The summed E-state index contributed by atoms with van der Waals surface area (Å²) in [5.74, 6) is -3.33. The average molecular weight is 978 g/mol. The Labute approximate surface area is 363 Å². The van der Waals surface area contributed by atoms with E-state index in [-0.39, 0.29) is 54.4 Å². The Morgan fingerprint density at radius 1 is 0.984 bits per heavy atom. The molecule has 1 aliphatic rings. The van der Waals surface area contributed by atoms with Crippen molar-refractivity contribution in [1.29, 1.82) is 0 Å². The zero-order valence-electron chi connectivity index (χ0n) is 34.2. The summed E-state index contributed by atoms with van der Waals surface area (Å²) < 4.78 is 62.0. The lowest BCUT2D eigenvalue weighted by atomic mass is 9.87. The van der Waals surface area contributed by atoms with Gasteiger partial charge < -0.3 is 56.0 Å². The molecule has 2 aromatic rings. The zero-order chi connectivity index (χ0) is 48.1. The highest BCUT2D eigenvalue weighted by molar-refractivity contribution is 8.13. The smallest absolute Gasteiger partial charge is 0.475 e. The molecule has 1 aliphatic heterocycles. The number of fused-ring (bicyclic) bond motifs is 1. The molecule has 63 heavy (non-hydrogen) atoms. The summed E-state index contributed by atoms with van der Waals surface area (Å²) in [5.41, 5.74) is 5.54. The number of aliphatic hydroxyl groups excluding tert-OH is 2. The fourth-order valence-electron chi connectivity index (χ4n) is 4.94. The maximum Gasteiger partial charge on any atom is 0.481 e. The fourth-order valence-corrected chi connectivity index (χ4v) is 8.55. The summed E-state index contributed by atoms with van der Waals surface area (Å²) in [6, 6.07) is 0. The quantitative estimate of drug-likeness (QED) is 0.0291. The van der Waals surface area contributed by atoms with E-state index in [9.17, 15) is 67.5 Å². The highest BCUT2D eigenvalue weighted by Gasteiger charge is 2.50. The second-order valence-electron chi connectivity index (χ2n) is 14.3. The number of aliphatic carboxylic acids is 1. The molecular weight excluding hydrogens is 927 g/mol. The van der Waals surface area contributed by atoms with Gasteiger partial charge in [0, 0.05) is 43.5 Å². The SMILES string of the molecule is C=C(C)CC(=O)C(=O)O.C=C(C)CC(=O)SCCNC(=O)CCNC(=O)C(O)C(C)(C)COP(=O)(O)OP(=O)(O)OC[C@H]1O[C@@H](n2cnc3c(N)ncnc32)[C@H](O)[C@@H]1OP(=O)(O)O. The van der Waals surface area contributed by atoms with Crippen LogP contribution in [0.25, 0.3) is 11.2 Å². The lowest BCUT2D eigenvalue weighted by Crippen LogP contribution is -2.46. The van der Waals surface area contributed by atoms with E-state index in [0.29, 0.717) is 16.9 Å². The number of hydrogen-bond acceptors (Lipinski definition) is 20. The van der Waals surface area contributed by atoms with E-state index in [1.54, 1.807) is 13.8 Å². The normalized spacial score (nSPS) is 20.0. The number of phosphoric acid groups is 3. The lowest BCUT2D eigenvalue weighted by molar-refractivity contribution is -0.148. The van der Waals surface area contributed by atoms with Gasteiger partial charge in [-0.15, -0.1) is 0 Å². The maximum absolute atomic E-state index is 12.6. The summed E-state index contributed by atoms with van der Waals surface area (Å²) in [6.45, 7) is 10.8. The second kappa shape index (κ2) is 23.9. The number of ether oxygens (including phenoxy) is 1. The van der Waals surface area contributed by atoms with Gasteiger partial charge in [-0.2, -0.15) is 4.31 Å². The molecule has 0 bridgehead atoms. The number of thioether (sulfide) groups is 1. The van der Waals surface area contributed by atoms with Crippen LogP contribution in [0.1, 0.15) is 53.2 Å². The number of allylic oxidation sites excluding steroid dienone is 2. The number of imidazole rings is 1. The Kier molecular flexibility index (Phi) is 21.0. The predicted octanol–water partition coefficient (Wildman–Crippen LogP) is 0.237. The molecule has 1 fully saturated rings. The Morgan fingerprint density at radius 2 is 1.60 bits per heavy atom. The molecule has 1 saturated heterocycles. The topological polar surface area (TPSA) is 418 Å². The molecule has 27 nitrogen and oxygen atoms in total. The summed E-state index contributed by atoms with van der Waals surface area (Å²) in [7, 11) is -16.4. The van der Waals surface area contributed by atoms with E-state index >= 15 is 0 Å². The number of carboxylic acid groups (broad SMARTS) is 1. The van der Waals surface area contributed by atoms with E-state index in [0.717, 1.165) is 29.0 Å². The molecule has 0 radical (unpaired) electrons. The molecule has 2 amide bonds. The summed E-state index contributed by atoms with van der Waals surface area (Å²) in [4.78, 5) is 107. The third-order valence-electron chi connectivity index (χ3n) is 7.91. The molecule has 3 unspecified atom stereocenters. The molecule has 3 heterocycles. The number of amides is 2. The van der Waals surface area contributed by atoms with Gasteiger partial charge in [-0.3, -0.25) is 37.3 Å². The van der Waals surface area contributed by atoms with Crippen LogP contribution in [0, 0.1) is 5.41 Å². The molecule has 0 spiro atoms. The number of nitrogen functional groups attached to an aromatic ring is 1. The van der Waals surface area contributed by atoms with Crippen molar-refractivity contribution in [2.75, 3.05) is 37.8 Å². The first-order valence-electron chi connectivity index (χ1n) is 18.0. The number of nitrogens with two attached hydrogens (primary N) is 1. The number of phosphoric ester groups is 3. The minimum absolute atomic E-state index is 0.0295. The third kappa shape index (κ3) is 19.0. The molecule has 31 heteroatoms. The van der Waals surface area contributed by atoms with Crippen molar-refractivity contribution < 1.29 is 95.2 Å². The monoisotopic (exact) mass is 977 g/mol. The molecule has 7 atom stereocenters. The van der Waals surface area contributed by atoms with Crippen molar-refractivity contribution in [3.63, 3.8) is 0 Å². The molecule has 11 N–H and O–H groups in total. The van der Waals surface area contributed by atoms with Crippen LogP contribution < -0.4 is 16.4 Å². The molecule has 2 aromatic heterocycles. The minimum Gasteiger partial charge on any atom is -0.475 e. The van der Waals surface area contributed by atoms with Gasteiger partial charge in [-0.25, -0.2) is 33.4 Å². The van der Waals surface area contributed by atoms with Gasteiger partial charge in [0.25, 0.3) is 0 Å². The van der Waals surface area contributed by atoms with Crippen LogP contribution in [-0.4, -0.2) is 140 Å². The number of hydrogen-bond donors (Lipinski definition) is 10. The van der Waals surface area contributed by atoms with E-state index in [2.05, 4.69) is 47.6 Å². The van der Waals surface area contributed by atoms with Gasteiger partial charge in [0.1, 0.15) is 36.3 Å². The van der Waals surface area contributed by atoms with Crippen LogP contribution in [0.3, 0.4) is 0 Å². The molecule has 354 valence electrons.